The van der Waals surface area contributed by atoms with Crippen molar-refractivity contribution in [2.45, 2.75) is 12.8 Å². The number of carbonyl (C=O) groups is 2. The van der Waals surface area contributed by atoms with Gasteiger partial charge in [-0.3, -0.25) is 9.59 Å². The van der Waals surface area contributed by atoms with Crippen molar-refractivity contribution in [3.05, 3.63) is 63.0 Å². The average Bonchev–Trinajstić information content (AvgIpc) is 2.55. The fourth-order valence-corrected chi connectivity index (χ4v) is 2.46. The summed E-state index contributed by atoms with van der Waals surface area (Å²) in [4.78, 5) is 23.5. The average molecular weight is 453 g/mol. The number of nitrogens with zero attached hydrogens (tertiary/aromatic N) is 1. The highest BCUT2D eigenvalue weighted by Crippen LogP contribution is 2.15. The van der Waals surface area contributed by atoms with Gasteiger partial charge in [-0.1, -0.05) is 50.1 Å². The van der Waals surface area contributed by atoms with Crippen LogP contribution in [0.25, 0.3) is 0 Å². The van der Waals surface area contributed by atoms with Crippen molar-refractivity contribution in [1.82, 2.24) is 5.43 Å². The predicted octanol–water partition coefficient (Wildman–Crippen LogP) is 4.08. The lowest BCUT2D eigenvalue weighted by Gasteiger charge is -2.05. The van der Waals surface area contributed by atoms with Gasteiger partial charge in [0.25, 0.3) is 0 Å². The van der Waals surface area contributed by atoms with Crippen LogP contribution in [0.1, 0.15) is 18.4 Å². The monoisotopic (exact) mass is 451 g/mol. The first-order valence-corrected chi connectivity index (χ1v) is 8.74. The first kappa shape index (κ1) is 18.4. The number of halogens is 2. The largest absolute Gasteiger partial charge is 0.326 e. The normalized spacial score (nSPS) is 10.6. The second kappa shape index (κ2) is 9.34. The standard InChI is InChI=1S/C17H15Br2N3O2/c18-13-6-4-12(5-7-13)11-20-22-17(24)9-8-16(23)21-15-3-1-2-14(19)10-15/h1-7,10-11H,8-9H2,(H,21,23)(H,22,24). The maximum atomic E-state index is 11.8. The molecule has 0 atom stereocenters. The molecule has 7 heteroatoms. The molecule has 0 aliphatic carbocycles. The summed E-state index contributed by atoms with van der Waals surface area (Å²) in [5, 5.41) is 6.60. The third kappa shape index (κ3) is 6.64. The van der Waals surface area contributed by atoms with E-state index in [2.05, 4.69) is 47.7 Å². The Morgan fingerprint density at radius 3 is 2.38 bits per heavy atom. The van der Waals surface area contributed by atoms with Crippen LogP contribution in [0.2, 0.25) is 0 Å². The molecule has 0 bridgehead atoms. The Kier molecular flexibility index (Phi) is 7.14. The van der Waals surface area contributed by atoms with Crippen LogP contribution >= 0.6 is 31.9 Å². The van der Waals surface area contributed by atoms with Crippen molar-refractivity contribution in [2.24, 2.45) is 5.10 Å². The highest BCUT2D eigenvalue weighted by atomic mass is 79.9. The maximum Gasteiger partial charge on any atom is 0.240 e. The van der Waals surface area contributed by atoms with Gasteiger partial charge < -0.3 is 5.32 Å². The summed E-state index contributed by atoms with van der Waals surface area (Å²) in [6.45, 7) is 0. The highest BCUT2D eigenvalue weighted by molar-refractivity contribution is 9.10. The van der Waals surface area contributed by atoms with E-state index in [0.717, 1.165) is 14.5 Å². The first-order chi connectivity index (χ1) is 11.5. The van der Waals surface area contributed by atoms with E-state index in [1.807, 2.05) is 36.4 Å². The molecule has 5 nitrogen and oxygen atoms in total. The third-order valence-corrected chi connectivity index (χ3v) is 3.98. The van der Waals surface area contributed by atoms with Crippen molar-refractivity contribution < 1.29 is 9.59 Å². The van der Waals surface area contributed by atoms with Gasteiger partial charge in [0.15, 0.2) is 0 Å². The van der Waals surface area contributed by atoms with Gasteiger partial charge in [0.2, 0.25) is 11.8 Å². The van der Waals surface area contributed by atoms with Crippen LogP contribution in [-0.4, -0.2) is 18.0 Å². The van der Waals surface area contributed by atoms with E-state index in [4.69, 9.17) is 0 Å². The van der Waals surface area contributed by atoms with E-state index in [0.29, 0.717) is 5.69 Å². The lowest BCUT2D eigenvalue weighted by atomic mass is 10.2. The summed E-state index contributed by atoms with van der Waals surface area (Å²) in [5.74, 6) is -0.534. The molecule has 24 heavy (non-hydrogen) atoms. The number of carbonyl (C=O) groups excluding carboxylic acids is 2. The summed E-state index contributed by atoms with van der Waals surface area (Å²) >= 11 is 6.68. The van der Waals surface area contributed by atoms with E-state index in [-0.39, 0.29) is 24.7 Å². The number of rotatable bonds is 6. The van der Waals surface area contributed by atoms with Gasteiger partial charge in [-0.05, 0) is 35.9 Å². The molecule has 0 spiro atoms. The zero-order chi connectivity index (χ0) is 17.4. The number of anilines is 1. The summed E-state index contributed by atoms with van der Waals surface area (Å²) in [7, 11) is 0. The Balaban J connectivity index is 1.72. The second-order valence-corrected chi connectivity index (χ2v) is 6.73. The predicted molar refractivity (Wildman–Crippen MR) is 102 cm³/mol. The lowest BCUT2D eigenvalue weighted by molar-refractivity contribution is -0.124. The minimum Gasteiger partial charge on any atom is -0.326 e. The van der Waals surface area contributed by atoms with Gasteiger partial charge in [0, 0.05) is 27.5 Å². The van der Waals surface area contributed by atoms with Gasteiger partial charge in [-0.2, -0.15) is 5.10 Å². The minimum absolute atomic E-state index is 0.0670. The number of amides is 2. The van der Waals surface area contributed by atoms with Crippen LogP contribution < -0.4 is 10.7 Å². The molecule has 2 N–H and O–H groups in total. The summed E-state index contributed by atoms with van der Waals surface area (Å²) < 4.78 is 1.85. The topological polar surface area (TPSA) is 70.6 Å². The number of hydrogen-bond donors (Lipinski definition) is 2. The van der Waals surface area contributed by atoms with Gasteiger partial charge in [-0.25, -0.2) is 5.43 Å². The molecule has 0 aliphatic heterocycles. The van der Waals surface area contributed by atoms with Crippen molar-refractivity contribution in [3.8, 4) is 0 Å². The molecule has 0 radical (unpaired) electrons. The Hall–Kier alpha value is -1.99. The Morgan fingerprint density at radius 1 is 0.958 bits per heavy atom. The molecule has 124 valence electrons. The Bertz CT molecular complexity index is 746. The van der Waals surface area contributed by atoms with Crippen molar-refractivity contribution in [2.75, 3.05) is 5.32 Å². The fraction of sp³-hybridized carbons (Fsp3) is 0.118. The van der Waals surface area contributed by atoms with E-state index in [1.165, 1.54) is 0 Å². The maximum absolute atomic E-state index is 11.8. The number of benzene rings is 2. The molecule has 0 saturated heterocycles. The van der Waals surface area contributed by atoms with Gasteiger partial charge >= 0.3 is 0 Å². The SMILES string of the molecule is O=C(CCC(=O)Nc1cccc(Br)c1)NN=Cc1ccc(Br)cc1. The molecule has 2 aromatic carbocycles. The van der Waals surface area contributed by atoms with Crippen LogP contribution in [0.3, 0.4) is 0 Å². The molecule has 2 aromatic rings. The highest BCUT2D eigenvalue weighted by Gasteiger charge is 2.06. The molecule has 0 fully saturated rings. The fourth-order valence-electron chi connectivity index (χ4n) is 1.80. The number of hydrogen-bond acceptors (Lipinski definition) is 3. The van der Waals surface area contributed by atoms with Crippen molar-refractivity contribution >= 4 is 55.6 Å². The van der Waals surface area contributed by atoms with Crippen LogP contribution in [-0.2, 0) is 9.59 Å². The van der Waals surface area contributed by atoms with Crippen LogP contribution in [0.15, 0.2) is 62.6 Å². The first-order valence-electron chi connectivity index (χ1n) is 7.16. The third-order valence-electron chi connectivity index (χ3n) is 2.96. The molecule has 0 heterocycles. The van der Waals surface area contributed by atoms with E-state index < -0.39 is 0 Å². The van der Waals surface area contributed by atoms with Crippen molar-refractivity contribution in [3.63, 3.8) is 0 Å². The minimum atomic E-state index is -0.312. The molecular weight excluding hydrogens is 438 g/mol. The quantitative estimate of drug-likeness (QED) is 0.512. The summed E-state index contributed by atoms with van der Waals surface area (Å²) in [6.07, 6.45) is 1.70. The summed E-state index contributed by atoms with van der Waals surface area (Å²) in [6, 6.07) is 14.8. The van der Waals surface area contributed by atoms with Gasteiger partial charge in [-0.15, -0.1) is 0 Å². The Morgan fingerprint density at radius 2 is 1.67 bits per heavy atom. The van der Waals surface area contributed by atoms with Gasteiger partial charge in [0.05, 0.1) is 6.21 Å². The zero-order valence-electron chi connectivity index (χ0n) is 12.6. The molecule has 0 aliphatic rings. The van der Waals surface area contributed by atoms with Crippen molar-refractivity contribution in [1.29, 1.82) is 0 Å². The second-order valence-electron chi connectivity index (χ2n) is 4.90. The molecule has 2 rings (SSSR count). The molecule has 0 unspecified atom stereocenters. The lowest BCUT2D eigenvalue weighted by Crippen LogP contribution is -2.20. The van der Waals surface area contributed by atoms with Crippen LogP contribution in [0.5, 0.6) is 0 Å². The molecular formula is C17H15Br2N3O2. The number of nitrogens with one attached hydrogen (secondary N) is 2. The molecule has 0 aromatic heterocycles. The molecule has 2 amide bonds. The van der Waals surface area contributed by atoms with E-state index in [9.17, 15) is 9.59 Å². The Labute approximate surface area is 156 Å². The van der Waals surface area contributed by atoms with Gasteiger partial charge in [0.1, 0.15) is 0 Å². The number of hydrazone groups is 1. The van der Waals surface area contributed by atoms with E-state index >= 15 is 0 Å². The smallest absolute Gasteiger partial charge is 0.240 e. The van der Waals surface area contributed by atoms with Crippen LogP contribution in [0, 0.1) is 0 Å². The molecule has 0 saturated carbocycles. The van der Waals surface area contributed by atoms with E-state index in [1.54, 1.807) is 18.3 Å². The summed E-state index contributed by atoms with van der Waals surface area (Å²) in [5.41, 5.74) is 3.96. The zero-order valence-corrected chi connectivity index (χ0v) is 15.8. The van der Waals surface area contributed by atoms with Crippen LogP contribution in [0.4, 0.5) is 5.69 Å².